The zero-order valence-corrected chi connectivity index (χ0v) is 38.2. The summed E-state index contributed by atoms with van der Waals surface area (Å²) in [6, 6.07) is 81.1. The molecule has 0 spiro atoms. The Bertz CT molecular complexity index is 3570. The average Bonchev–Trinajstić information content (AvgIpc) is 3.63. The van der Waals surface area contributed by atoms with Crippen molar-refractivity contribution in [2.75, 3.05) is 4.90 Å². The molecule has 0 aliphatic heterocycles. The molecule has 12 rings (SSSR count). The Labute approximate surface area is 394 Å². The van der Waals surface area contributed by atoms with Crippen LogP contribution in [0, 0.1) is 5.92 Å². The first-order chi connectivity index (χ1) is 32.9. The van der Waals surface area contributed by atoms with E-state index in [4.69, 9.17) is 0 Å². The minimum atomic E-state index is -0.0999. The lowest BCUT2D eigenvalue weighted by atomic mass is 9.82. The van der Waals surface area contributed by atoms with Crippen molar-refractivity contribution in [1.82, 2.24) is 0 Å². The van der Waals surface area contributed by atoms with Gasteiger partial charge < -0.3 is 4.90 Å². The van der Waals surface area contributed by atoms with Crippen molar-refractivity contribution in [3.63, 3.8) is 0 Å². The van der Waals surface area contributed by atoms with Crippen molar-refractivity contribution in [2.24, 2.45) is 5.92 Å². The predicted octanol–water partition coefficient (Wildman–Crippen LogP) is 18.4. The molecule has 320 valence electrons. The quantitative estimate of drug-likeness (QED) is 0.138. The smallest absolute Gasteiger partial charge is 0.0540 e. The van der Waals surface area contributed by atoms with Gasteiger partial charge in [0.05, 0.1) is 5.69 Å². The Kier molecular flexibility index (Phi) is 9.95. The minimum Gasteiger partial charge on any atom is -0.310 e. The van der Waals surface area contributed by atoms with Gasteiger partial charge in [-0.3, -0.25) is 0 Å². The molecular weight excluding hydrogens is 807 g/mol. The maximum atomic E-state index is 2.45. The van der Waals surface area contributed by atoms with Gasteiger partial charge in [-0.1, -0.05) is 221 Å². The van der Waals surface area contributed by atoms with Crippen molar-refractivity contribution in [1.29, 1.82) is 0 Å². The second kappa shape index (κ2) is 16.5. The summed E-state index contributed by atoms with van der Waals surface area (Å²) in [4.78, 5) is 2.45. The van der Waals surface area contributed by atoms with E-state index in [0.29, 0.717) is 5.92 Å². The zero-order valence-electron chi connectivity index (χ0n) is 38.2. The summed E-state index contributed by atoms with van der Waals surface area (Å²) in [5, 5.41) is 5.08. The first-order valence-corrected chi connectivity index (χ1v) is 23.7. The highest BCUT2D eigenvalue weighted by Crippen LogP contribution is 2.54. The monoisotopic (exact) mass is 857 g/mol. The number of allylic oxidation sites excluding steroid dienone is 4. The van der Waals surface area contributed by atoms with Crippen LogP contribution in [0.1, 0.15) is 43.9 Å². The van der Waals surface area contributed by atoms with Crippen molar-refractivity contribution < 1.29 is 0 Å². The van der Waals surface area contributed by atoms with E-state index in [1.807, 2.05) is 0 Å². The fourth-order valence-corrected chi connectivity index (χ4v) is 11.1. The number of benzene rings is 10. The van der Waals surface area contributed by atoms with Crippen LogP contribution >= 0.6 is 0 Å². The molecule has 1 nitrogen and oxygen atoms in total. The molecule has 0 fully saturated rings. The molecule has 0 saturated carbocycles. The number of hydrogen-bond donors (Lipinski definition) is 0. The molecule has 10 aromatic carbocycles. The number of rotatable bonds is 8. The lowest BCUT2D eigenvalue weighted by molar-refractivity contribution is 0.660. The van der Waals surface area contributed by atoms with Gasteiger partial charge in [0.15, 0.2) is 0 Å². The topological polar surface area (TPSA) is 3.24 Å². The summed E-state index contributed by atoms with van der Waals surface area (Å²) < 4.78 is 0. The Hall–Kier alpha value is -8.00. The van der Waals surface area contributed by atoms with Crippen LogP contribution in [-0.2, 0) is 5.41 Å². The minimum absolute atomic E-state index is 0.0999. The lowest BCUT2D eigenvalue weighted by Gasteiger charge is -2.29. The van der Waals surface area contributed by atoms with E-state index in [0.717, 1.165) is 23.5 Å². The molecule has 0 heterocycles. The Balaban J connectivity index is 0.997. The maximum Gasteiger partial charge on any atom is 0.0540 e. The normalized spacial score (nSPS) is 14.7. The van der Waals surface area contributed by atoms with Crippen molar-refractivity contribution in [3.8, 4) is 55.6 Å². The van der Waals surface area contributed by atoms with E-state index in [9.17, 15) is 0 Å². The Morgan fingerprint density at radius 2 is 1.03 bits per heavy atom. The van der Waals surface area contributed by atoms with Crippen LogP contribution in [-0.4, -0.2) is 0 Å². The van der Waals surface area contributed by atoms with Crippen LogP contribution in [0.5, 0.6) is 0 Å². The molecule has 2 aliphatic carbocycles. The summed E-state index contributed by atoms with van der Waals surface area (Å²) in [5.74, 6) is 0.464. The van der Waals surface area contributed by atoms with E-state index in [-0.39, 0.29) is 5.41 Å². The standard InChI is InChI=1S/C66H51N/c1-44-17-7-9-21-52(44)56-42-36-49(43-61(56)46-18-5-4-6-19-46)45-31-37-50(38-32-45)67(51-39-33-48(34-40-51)54-25-15-26-55-53-22-10-8-20-47(53)35-41-57(54)55)64-30-14-12-23-58(64)59-27-16-29-63-65(59)60-24-11-13-28-62(60)66(63,2)3/h4-16,18-44H,17H2,1-3H3. The summed E-state index contributed by atoms with van der Waals surface area (Å²) in [6.07, 6.45) is 7.85. The number of anilines is 3. The highest BCUT2D eigenvalue weighted by atomic mass is 15.1. The molecule has 0 bridgehead atoms. The molecule has 0 N–H and O–H groups in total. The van der Waals surface area contributed by atoms with E-state index >= 15 is 0 Å². The molecule has 67 heavy (non-hydrogen) atoms. The summed E-state index contributed by atoms with van der Waals surface area (Å²) >= 11 is 0. The third kappa shape index (κ3) is 6.93. The van der Waals surface area contributed by atoms with Gasteiger partial charge in [-0.05, 0) is 143 Å². The van der Waals surface area contributed by atoms with Gasteiger partial charge >= 0.3 is 0 Å². The molecular formula is C66H51N. The second-order valence-electron chi connectivity index (χ2n) is 18.8. The fraction of sp³-hybridized carbons (Fsp3) is 0.0909. The summed E-state index contributed by atoms with van der Waals surface area (Å²) in [7, 11) is 0. The average molecular weight is 858 g/mol. The van der Waals surface area contributed by atoms with Crippen LogP contribution in [0.2, 0.25) is 0 Å². The van der Waals surface area contributed by atoms with Gasteiger partial charge in [0.2, 0.25) is 0 Å². The van der Waals surface area contributed by atoms with Crippen LogP contribution < -0.4 is 4.90 Å². The van der Waals surface area contributed by atoms with Gasteiger partial charge in [0.1, 0.15) is 0 Å². The summed E-state index contributed by atoms with van der Waals surface area (Å²) in [5.41, 5.74) is 21.1. The SMILES string of the molecule is CC1CC=CC=C1c1ccc(-c2ccc(N(c3ccc(-c4cccc5c4ccc4ccccc45)cc3)c3ccccc3-c3cccc4c3-c3ccccc3C4(C)C)cc2)cc1-c1ccccc1. The van der Waals surface area contributed by atoms with Crippen LogP contribution in [0.4, 0.5) is 17.1 Å². The van der Waals surface area contributed by atoms with Gasteiger partial charge in [-0.2, -0.15) is 0 Å². The van der Waals surface area contributed by atoms with E-state index < -0.39 is 0 Å². The number of para-hydroxylation sites is 1. The number of nitrogens with zero attached hydrogens (tertiary/aromatic N) is 1. The molecule has 0 saturated heterocycles. The molecule has 0 aromatic heterocycles. The predicted molar refractivity (Wildman–Crippen MR) is 286 cm³/mol. The maximum absolute atomic E-state index is 2.45. The molecule has 0 amide bonds. The second-order valence-corrected chi connectivity index (χ2v) is 18.8. The summed E-state index contributed by atoms with van der Waals surface area (Å²) in [6.45, 7) is 7.07. The van der Waals surface area contributed by atoms with Gasteiger partial charge in [-0.25, -0.2) is 0 Å². The van der Waals surface area contributed by atoms with Crippen molar-refractivity contribution in [3.05, 3.63) is 253 Å². The first kappa shape index (κ1) is 40.5. The number of hydrogen-bond acceptors (Lipinski definition) is 1. The van der Waals surface area contributed by atoms with E-state index in [1.165, 1.54) is 99.4 Å². The number of fused-ring (bicyclic) bond motifs is 6. The zero-order chi connectivity index (χ0) is 45.1. The third-order valence-electron chi connectivity index (χ3n) is 14.6. The Morgan fingerprint density at radius 1 is 0.418 bits per heavy atom. The van der Waals surface area contributed by atoms with Gasteiger partial charge in [-0.15, -0.1) is 0 Å². The first-order valence-electron chi connectivity index (χ1n) is 23.7. The molecule has 1 unspecified atom stereocenters. The van der Waals surface area contributed by atoms with E-state index in [1.54, 1.807) is 0 Å². The fourth-order valence-electron chi connectivity index (χ4n) is 11.1. The molecule has 10 aromatic rings. The lowest BCUT2D eigenvalue weighted by Crippen LogP contribution is -2.14. The molecule has 0 radical (unpaired) electrons. The molecule has 2 aliphatic rings. The van der Waals surface area contributed by atoms with Crippen molar-refractivity contribution in [2.45, 2.75) is 32.6 Å². The van der Waals surface area contributed by atoms with Gasteiger partial charge in [0, 0.05) is 22.4 Å². The molecule has 1 atom stereocenters. The highest BCUT2D eigenvalue weighted by Gasteiger charge is 2.37. The van der Waals surface area contributed by atoms with Crippen LogP contribution in [0.25, 0.3) is 82.8 Å². The third-order valence-corrected chi connectivity index (χ3v) is 14.6. The van der Waals surface area contributed by atoms with Crippen LogP contribution in [0.15, 0.2) is 237 Å². The van der Waals surface area contributed by atoms with E-state index in [2.05, 4.69) is 262 Å². The highest BCUT2D eigenvalue weighted by molar-refractivity contribution is 6.12. The Morgan fingerprint density at radius 3 is 1.84 bits per heavy atom. The van der Waals surface area contributed by atoms with Crippen LogP contribution in [0.3, 0.4) is 0 Å². The van der Waals surface area contributed by atoms with Gasteiger partial charge in [0.25, 0.3) is 0 Å². The largest absolute Gasteiger partial charge is 0.310 e. The molecule has 1 heteroatoms. The van der Waals surface area contributed by atoms with Crippen molar-refractivity contribution >= 4 is 44.2 Å².